The summed E-state index contributed by atoms with van der Waals surface area (Å²) in [6, 6.07) is 5.28. The monoisotopic (exact) mass is 332 g/mol. The van der Waals surface area contributed by atoms with Crippen LogP contribution in [0.3, 0.4) is 0 Å². The first-order chi connectivity index (χ1) is 11.1. The lowest BCUT2D eigenvalue weighted by atomic mass is 9.49. The molecular formula is C18H24N2O2S. The van der Waals surface area contributed by atoms with Gasteiger partial charge in [0.2, 0.25) is 5.91 Å². The van der Waals surface area contributed by atoms with Crippen LogP contribution in [0.2, 0.25) is 0 Å². The fourth-order valence-corrected chi connectivity index (χ4v) is 6.25. The van der Waals surface area contributed by atoms with Crippen molar-refractivity contribution in [3.8, 4) is 0 Å². The van der Waals surface area contributed by atoms with E-state index < -0.39 is 0 Å². The summed E-state index contributed by atoms with van der Waals surface area (Å²) in [5.74, 6) is 3.11. The Morgan fingerprint density at radius 2 is 1.87 bits per heavy atom. The van der Waals surface area contributed by atoms with Crippen LogP contribution in [0.1, 0.15) is 38.5 Å². The molecule has 4 saturated carbocycles. The summed E-state index contributed by atoms with van der Waals surface area (Å²) < 4.78 is 0.816. The topological polar surface area (TPSA) is 56.0 Å². The van der Waals surface area contributed by atoms with E-state index in [1.807, 2.05) is 6.07 Å². The molecule has 5 rings (SSSR count). The van der Waals surface area contributed by atoms with Crippen molar-refractivity contribution < 1.29 is 9.52 Å². The molecule has 1 N–H and O–H groups in total. The van der Waals surface area contributed by atoms with E-state index in [9.17, 15) is 10.0 Å². The van der Waals surface area contributed by atoms with Crippen LogP contribution >= 0.6 is 11.8 Å². The van der Waals surface area contributed by atoms with E-state index in [0.29, 0.717) is 16.2 Å². The maximum absolute atomic E-state index is 12.2. The minimum atomic E-state index is 0.0506. The minimum absolute atomic E-state index is 0.0506. The molecule has 4 aliphatic carbocycles. The van der Waals surface area contributed by atoms with E-state index >= 15 is 0 Å². The third kappa shape index (κ3) is 3.21. The van der Waals surface area contributed by atoms with E-state index in [-0.39, 0.29) is 5.91 Å². The number of rotatable bonds is 5. The van der Waals surface area contributed by atoms with Gasteiger partial charge in [0, 0.05) is 18.7 Å². The quantitative estimate of drug-likeness (QED) is 0.512. The van der Waals surface area contributed by atoms with Crippen LogP contribution in [0, 0.1) is 28.4 Å². The third-order valence-electron chi connectivity index (χ3n) is 5.97. The van der Waals surface area contributed by atoms with Crippen LogP contribution < -0.4 is 10.0 Å². The van der Waals surface area contributed by atoms with Crippen LogP contribution in [0.25, 0.3) is 0 Å². The highest BCUT2D eigenvalue weighted by atomic mass is 32.2. The van der Waals surface area contributed by atoms with Crippen molar-refractivity contribution in [1.29, 1.82) is 0 Å². The predicted octanol–water partition coefficient (Wildman–Crippen LogP) is 2.74. The number of hydrogen-bond donors (Lipinski definition) is 1. The molecule has 124 valence electrons. The van der Waals surface area contributed by atoms with Crippen LogP contribution in [0.15, 0.2) is 29.4 Å². The summed E-state index contributed by atoms with van der Waals surface area (Å²) in [5, 5.41) is 15.3. The molecule has 0 spiro atoms. The molecule has 4 aliphatic rings. The molecule has 0 aromatic carbocycles. The van der Waals surface area contributed by atoms with Crippen molar-refractivity contribution in [3.63, 3.8) is 0 Å². The number of amides is 1. The lowest BCUT2D eigenvalue weighted by Crippen LogP contribution is -2.51. The smallest absolute Gasteiger partial charge is 0.251 e. The Bertz CT molecular complexity index is 569. The van der Waals surface area contributed by atoms with E-state index in [2.05, 4.69) is 5.32 Å². The molecule has 5 heteroatoms. The lowest BCUT2D eigenvalue weighted by Gasteiger charge is -2.56. The summed E-state index contributed by atoms with van der Waals surface area (Å²) in [5.41, 5.74) is 0.375. The number of carbonyl (C=O) groups excluding carboxylic acids is 1. The van der Waals surface area contributed by atoms with Crippen molar-refractivity contribution in [3.05, 3.63) is 29.6 Å². The van der Waals surface area contributed by atoms with Gasteiger partial charge in [-0.15, -0.1) is 0 Å². The molecule has 1 amide bonds. The van der Waals surface area contributed by atoms with Gasteiger partial charge in [0.15, 0.2) is 6.20 Å². The Morgan fingerprint density at radius 3 is 2.48 bits per heavy atom. The van der Waals surface area contributed by atoms with Crippen molar-refractivity contribution >= 4 is 17.7 Å². The van der Waals surface area contributed by atoms with Gasteiger partial charge < -0.3 is 10.5 Å². The number of nitrogens with one attached hydrogen (secondary N) is 1. The first-order valence-electron chi connectivity index (χ1n) is 8.70. The molecule has 0 unspecified atom stereocenters. The second kappa shape index (κ2) is 6.00. The zero-order valence-electron chi connectivity index (χ0n) is 13.4. The molecule has 4 nitrogen and oxygen atoms in total. The van der Waals surface area contributed by atoms with Crippen LogP contribution in [0.4, 0.5) is 0 Å². The van der Waals surface area contributed by atoms with Gasteiger partial charge in [-0.25, -0.2) is 0 Å². The molecule has 0 aliphatic heterocycles. The van der Waals surface area contributed by atoms with Crippen LogP contribution in [0.5, 0.6) is 0 Å². The van der Waals surface area contributed by atoms with E-state index in [1.165, 1.54) is 56.5 Å². The summed E-state index contributed by atoms with van der Waals surface area (Å²) in [6.45, 7) is 0.835. The molecule has 0 atom stereocenters. The van der Waals surface area contributed by atoms with Gasteiger partial charge in [-0.05, 0) is 79.5 Å². The van der Waals surface area contributed by atoms with Crippen LogP contribution in [-0.2, 0) is 4.79 Å². The van der Waals surface area contributed by atoms with Gasteiger partial charge in [-0.2, -0.15) is 4.73 Å². The average Bonchev–Trinajstić information content (AvgIpc) is 2.51. The van der Waals surface area contributed by atoms with E-state index in [4.69, 9.17) is 0 Å². The number of hydrogen-bond acceptors (Lipinski definition) is 3. The second-order valence-electron chi connectivity index (χ2n) is 7.85. The molecule has 0 radical (unpaired) electrons. The average molecular weight is 332 g/mol. The zero-order valence-corrected chi connectivity index (χ0v) is 14.2. The number of carbonyl (C=O) groups is 1. The molecular weight excluding hydrogens is 308 g/mol. The van der Waals surface area contributed by atoms with Gasteiger partial charge in [-0.3, -0.25) is 4.79 Å². The van der Waals surface area contributed by atoms with E-state index in [1.54, 1.807) is 12.1 Å². The first-order valence-corrected chi connectivity index (χ1v) is 9.68. The number of thioether (sulfide) groups is 1. The number of pyridine rings is 1. The Hall–Kier alpha value is -1.23. The molecule has 1 heterocycles. The highest BCUT2D eigenvalue weighted by molar-refractivity contribution is 7.99. The van der Waals surface area contributed by atoms with Crippen molar-refractivity contribution in [2.45, 2.75) is 43.6 Å². The standard InChI is InChI=1S/C18H24N2O2S/c21-16(11-23-17-3-1-2-4-20(17)22)19-12-18-8-13-5-14(9-18)7-15(6-13)10-18/h1-4,13-15H,5-12H2,(H,19,21). The highest BCUT2D eigenvalue weighted by Crippen LogP contribution is 2.59. The first kappa shape index (κ1) is 15.3. The fraction of sp³-hybridized carbons (Fsp3) is 0.667. The Balaban J connectivity index is 1.29. The van der Waals surface area contributed by atoms with Gasteiger partial charge in [0.05, 0.1) is 5.75 Å². The maximum atomic E-state index is 12.2. The summed E-state index contributed by atoms with van der Waals surface area (Å²) in [4.78, 5) is 12.2. The SMILES string of the molecule is O=C(CSc1cccc[n+]1[O-])NCC12CC3CC(CC(C3)C1)C2. The van der Waals surface area contributed by atoms with Crippen LogP contribution in [-0.4, -0.2) is 18.2 Å². The van der Waals surface area contributed by atoms with Crippen molar-refractivity contribution in [1.82, 2.24) is 5.32 Å². The Morgan fingerprint density at radius 1 is 1.22 bits per heavy atom. The Kier molecular flexibility index (Phi) is 4.00. The Labute approximate surface area is 141 Å². The summed E-state index contributed by atoms with van der Waals surface area (Å²) in [7, 11) is 0. The fourth-order valence-electron chi connectivity index (χ4n) is 5.51. The number of aromatic nitrogens is 1. The van der Waals surface area contributed by atoms with Gasteiger partial charge in [0.1, 0.15) is 0 Å². The second-order valence-corrected chi connectivity index (χ2v) is 8.84. The predicted molar refractivity (Wildman–Crippen MR) is 89.7 cm³/mol. The normalized spacial score (nSPS) is 34.5. The van der Waals surface area contributed by atoms with Gasteiger partial charge in [-0.1, -0.05) is 0 Å². The molecule has 0 saturated heterocycles. The summed E-state index contributed by atoms with van der Waals surface area (Å²) >= 11 is 1.31. The largest absolute Gasteiger partial charge is 0.618 e. The highest BCUT2D eigenvalue weighted by Gasteiger charge is 2.50. The number of nitrogens with zero attached hydrogens (tertiary/aromatic N) is 1. The molecule has 4 fully saturated rings. The van der Waals surface area contributed by atoms with Crippen molar-refractivity contribution in [2.24, 2.45) is 23.2 Å². The molecule has 1 aromatic heterocycles. The van der Waals surface area contributed by atoms with Gasteiger partial charge in [0.25, 0.3) is 5.03 Å². The van der Waals surface area contributed by atoms with E-state index in [0.717, 1.165) is 29.0 Å². The zero-order chi connectivity index (χ0) is 15.9. The van der Waals surface area contributed by atoms with Gasteiger partial charge >= 0.3 is 0 Å². The molecule has 4 bridgehead atoms. The maximum Gasteiger partial charge on any atom is 0.251 e. The lowest BCUT2D eigenvalue weighted by molar-refractivity contribution is -0.645. The minimum Gasteiger partial charge on any atom is -0.618 e. The third-order valence-corrected chi connectivity index (χ3v) is 6.98. The van der Waals surface area contributed by atoms with Crippen molar-refractivity contribution in [2.75, 3.05) is 12.3 Å². The molecule has 23 heavy (non-hydrogen) atoms. The molecule has 1 aromatic rings. The summed E-state index contributed by atoms with van der Waals surface area (Å²) in [6.07, 6.45) is 9.69.